The molecule has 2 aromatic rings. The summed E-state index contributed by atoms with van der Waals surface area (Å²) in [5, 5.41) is 2.84. The number of carbonyl (C=O) groups excluding carboxylic acids is 2. The Morgan fingerprint density at radius 3 is 2.61 bits per heavy atom. The summed E-state index contributed by atoms with van der Waals surface area (Å²) in [4.78, 5) is 26.1. The molecule has 0 aromatic heterocycles. The quantitative estimate of drug-likeness (QED) is 0.793. The molecule has 1 aliphatic rings. The Balaban J connectivity index is 1.65. The van der Waals surface area contributed by atoms with Gasteiger partial charge in [0, 0.05) is 31.6 Å². The zero-order valence-electron chi connectivity index (χ0n) is 16.1. The molecule has 0 saturated heterocycles. The highest BCUT2D eigenvalue weighted by molar-refractivity contribution is 5.95. The Labute approximate surface area is 164 Å². The van der Waals surface area contributed by atoms with Gasteiger partial charge in [-0.05, 0) is 31.2 Å². The Morgan fingerprint density at radius 2 is 1.86 bits per heavy atom. The van der Waals surface area contributed by atoms with Crippen molar-refractivity contribution in [3.8, 4) is 17.2 Å². The molecule has 0 atom stereocenters. The molecular weight excluding hydrogens is 360 g/mol. The van der Waals surface area contributed by atoms with Gasteiger partial charge in [0.05, 0.1) is 12.3 Å². The lowest BCUT2D eigenvalue weighted by Crippen LogP contribution is -2.32. The number of nitrogens with zero attached hydrogens (tertiary/aromatic N) is 1. The van der Waals surface area contributed by atoms with Crippen LogP contribution in [0.4, 0.5) is 11.4 Å². The fraction of sp³-hybridized carbons (Fsp3) is 0.333. The van der Waals surface area contributed by atoms with E-state index in [2.05, 4.69) is 5.32 Å². The largest absolute Gasteiger partial charge is 0.492 e. The maximum Gasteiger partial charge on any atom is 0.226 e. The summed E-state index contributed by atoms with van der Waals surface area (Å²) in [6.45, 7) is 5.09. The second-order valence-corrected chi connectivity index (χ2v) is 6.23. The van der Waals surface area contributed by atoms with E-state index in [0.717, 1.165) is 0 Å². The molecule has 7 heteroatoms. The van der Waals surface area contributed by atoms with Gasteiger partial charge in [-0.3, -0.25) is 9.59 Å². The van der Waals surface area contributed by atoms with E-state index in [0.29, 0.717) is 48.4 Å². The molecule has 0 aliphatic carbocycles. The predicted molar refractivity (Wildman–Crippen MR) is 106 cm³/mol. The summed E-state index contributed by atoms with van der Waals surface area (Å²) in [5.74, 6) is 1.53. The minimum atomic E-state index is -0.198. The van der Waals surface area contributed by atoms with Gasteiger partial charge in [0.15, 0.2) is 11.5 Å². The molecule has 0 saturated carbocycles. The first-order valence-corrected chi connectivity index (χ1v) is 9.28. The van der Waals surface area contributed by atoms with Gasteiger partial charge in [-0.25, -0.2) is 0 Å². The summed E-state index contributed by atoms with van der Waals surface area (Å²) in [6, 6.07) is 12.6. The maximum atomic E-state index is 12.4. The number of rotatable bonds is 7. The molecule has 2 aromatic carbocycles. The summed E-state index contributed by atoms with van der Waals surface area (Å²) < 4.78 is 16.6. The van der Waals surface area contributed by atoms with Crippen molar-refractivity contribution in [2.75, 3.05) is 36.6 Å². The van der Waals surface area contributed by atoms with Crippen molar-refractivity contribution >= 4 is 23.2 Å². The standard InChI is InChI=1S/C21H24N2O5/c1-3-26-18-7-5-4-6-17(18)22-21(25)10-11-23(15(2)24)16-8-9-19-20(14-16)28-13-12-27-19/h4-9,14H,3,10-13H2,1-2H3,(H,22,25). The molecule has 1 aliphatic heterocycles. The number of hydrogen-bond acceptors (Lipinski definition) is 5. The van der Waals surface area contributed by atoms with Gasteiger partial charge in [0.25, 0.3) is 0 Å². The number of para-hydroxylation sites is 2. The normalized spacial score (nSPS) is 12.2. The molecule has 1 heterocycles. The number of amides is 2. The van der Waals surface area contributed by atoms with Crippen LogP contribution in [0.25, 0.3) is 0 Å². The van der Waals surface area contributed by atoms with Gasteiger partial charge in [-0.15, -0.1) is 0 Å². The average Bonchev–Trinajstić information content (AvgIpc) is 2.69. The van der Waals surface area contributed by atoms with Crippen molar-refractivity contribution in [2.45, 2.75) is 20.3 Å². The zero-order chi connectivity index (χ0) is 19.9. The van der Waals surface area contributed by atoms with Crippen LogP contribution in [0, 0.1) is 0 Å². The van der Waals surface area contributed by atoms with Crippen molar-refractivity contribution in [1.82, 2.24) is 0 Å². The maximum absolute atomic E-state index is 12.4. The second-order valence-electron chi connectivity index (χ2n) is 6.23. The van der Waals surface area contributed by atoms with Crippen LogP contribution in [-0.4, -0.2) is 38.2 Å². The monoisotopic (exact) mass is 384 g/mol. The van der Waals surface area contributed by atoms with E-state index >= 15 is 0 Å². The average molecular weight is 384 g/mol. The van der Waals surface area contributed by atoms with Gasteiger partial charge in [0.1, 0.15) is 19.0 Å². The van der Waals surface area contributed by atoms with E-state index in [1.54, 1.807) is 35.2 Å². The van der Waals surface area contributed by atoms with Gasteiger partial charge in [-0.2, -0.15) is 0 Å². The summed E-state index contributed by atoms with van der Waals surface area (Å²) in [6.07, 6.45) is 0.147. The van der Waals surface area contributed by atoms with E-state index in [-0.39, 0.29) is 24.8 Å². The molecule has 0 radical (unpaired) electrons. The molecule has 0 bridgehead atoms. The first kappa shape index (κ1) is 19.5. The van der Waals surface area contributed by atoms with Crippen molar-refractivity contribution in [3.63, 3.8) is 0 Å². The zero-order valence-corrected chi connectivity index (χ0v) is 16.1. The minimum absolute atomic E-state index is 0.147. The van der Waals surface area contributed by atoms with Crippen LogP contribution < -0.4 is 24.4 Å². The van der Waals surface area contributed by atoms with E-state index in [1.807, 2.05) is 19.1 Å². The number of hydrogen-bond donors (Lipinski definition) is 1. The number of nitrogens with one attached hydrogen (secondary N) is 1. The minimum Gasteiger partial charge on any atom is -0.492 e. The summed E-state index contributed by atoms with van der Waals surface area (Å²) in [7, 11) is 0. The number of anilines is 2. The van der Waals surface area contributed by atoms with E-state index in [9.17, 15) is 9.59 Å². The topological polar surface area (TPSA) is 77.1 Å². The van der Waals surface area contributed by atoms with E-state index in [1.165, 1.54) is 6.92 Å². The smallest absolute Gasteiger partial charge is 0.226 e. The third-order valence-corrected chi connectivity index (χ3v) is 4.24. The molecule has 2 amide bonds. The van der Waals surface area contributed by atoms with Gasteiger partial charge >= 0.3 is 0 Å². The predicted octanol–water partition coefficient (Wildman–Crippen LogP) is 3.24. The lowest BCUT2D eigenvalue weighted by Gasteiger charge is -2.24. The highest BCUT2D eigenvalue weighted by Gasteiger charge is 2.18. The van der Waals surface area contributed by atoms with Crippen molar-refractivity contribution < 1.29 is 23.8 Å². The number of fused-ring (bicyclic) bond motifs is 1. The lowest BCUT2D eigenvalue weighted by atomic mass is 10.2. The van der Waals surface area contributed by atoms with E-state index in [4.69, 9.17) is 14.2 Å². The highest BCUT2D eigenvalue weighted by atomic mass is 16.6. The van der Waals surface area contributed by atoms with Crippen LogP contribution in [0.2, 0.25) is 0 Å². The molecule has 0 spiro atoms. The first-order valence-electron chi connectivity index (χ1n) is 9.28. The molecular formula is C21H24N2O5. The summed E-state index contributed by atoms with van der Waals surface area (Å²) >= 11 is 0. The van der Waals surface area contributed by atoms with Crippen molar-refractivity contribution in [3.05, 3.63) is 42.5 Å². The third-order valence-electron chi connectivity index (χ3n) is 4.24. The Hall–Kier alpha value is -3.22. The van der Waals surface area contributed by atoms with Gasteiger partial charge < -0.3 is 24.4 Å². The summed E-state index contributed by atoms with van der Waals surface area (Å²) in [5.41, 5.74) is 1.28. The van der Waals surface area contributed by atoms with Crippen LogP contribution in [0.1, 0.15) is 20.3 Å². The highest BCUT2D eigenvalue weighted by Crippen LogP contribution is 2.34. The molecule has 0 unspecified atom stereocenters. The fourth-order valence-corrected chi connectivity index (χ4v) is 2.95. The van der Waals surface area contributed by atoms with E-state index < -0.39 is 0 Å². The van der Waals surface area contributed by atoms with Gasteiger partial charge in [0.2, 0.25) is 11.8 Å². The molecule has 1 N–H and O–H groups in total. The van der Waals surface area contributed by atoms with Gasteiger partial charge in [-0.1, -0.05) is 12.1 Å². The van der Waals surface area contributed by atoms with Crippen LogP contribution in [0.15, 0.2) is 42.5 Å². The molecule has 3 rings (SSSR count). The van der Waals surface area contributed by atoms with Crippen LogP contribution in [0.3, 0.4) is 0 Å². The molecule has 148 valence electrons. The number of benzene rings is 2. The Morgan fingerprint density at radius 1 is 1.11 bits per heavy atom. The Kier molecular flexibility index (Phi) is 6.37. The number of ether oxygens (including phenoxy) is 3. The van der Waals surface area contributed by atoms with Crippen molar-refractivity contribution in [1.29, 1.82) is 0 Å². The van der Waals surface area contributed by atoms with Crippen LogP contribution in [-0.2, 0) is 9.59 Å². The molecule has 7 nitrogen and oxygen atoms in total. The van der Waals surface area contributed by atoms with Crippen molar-refractivity contribution in [2.24, 2.45) is 0 Å². The molecule has 0 fully saturated rings. The van der Waals surface area contributed by atoms with Crippen LogP contribution in [0.5, 0.6) is 17.2 Å². The fourth-order valence-electron chi connectivity index (χ4n) is 2.95. The number of carbonyl (C=O) groups is 2. The molecule has 28 heavy (non-hydrogen) atoms. The first-order chi connectivity index (χ1) is 13.6. The Bertz CT molecular complexity index is 852. The third kappa shape index (κ3) is 4.73. The SMILES string of the molecule is CCOc1ccccc1NC(=O)CCN(C(C)=O)c1ccc2c(c1)OCCO2. The van der Waals surface area contributed by atoms with Crippen LogP contribution >= 0.6 is 0 Å². The second kappa shape index (κ2) is 9.12. The lowest BCUT2D eigenvalue weighted by molar-refractivity contribution is -0.117.